The fourth-order valence-corrected chi connectivity index (χ4v) is 3.11. The molecule has 28 heavy (non-hydrogen) atoms. The molecule has 0 spiro atoms. The molecule has 2 N–H and O–H groups in total. The van der Waals surface area contributed by atoms with E-state index < -0.39 is 11.6 Å². The van der Waals surface area contributed by atoms with Gasteiger partial charge in [0.15, 0.2) is 11.4 Å². The van der Waals surface area contributed by atoms with E-state index in [0.717, 1.165) is 16.7 Å². The second-order valence-corrected chi connectivity index (χ2v) is 7.35. The molecule has 0 fully saturated rings. The molecule has 1 aromatic heterocycles. The van der Waals surface area contributed by atoms with Gasteiger partial charge in [0.25, 0.3) is 5.91 Å². The molecule has 3 rings (SSSR count). The zero-order valence-electron chi connectivity index (χ0n) is 16.1. The van der Waals surface area contributed by atoms with Crippen LogP contribution < -0.4 is 15.4 Å². The SMILES string of the molecule is CCNC(=O)c1ncc(CNCc2ccc(F)c(Cl)c2)c2c1OC(C)(C)OC2. The molecular formula is C20H23ClFN3O3. The lowest BCUT2D eigenvalue weighted by molar-refractivity contribution is -0.180. The number of carbonyl (C=O) groups is 1. The maximum atomic E-state index is 13.3. The Kier molecular flexibility index (Phi) is 6.17. The third kappa shape index (κ3) is 4.60. The third-order valence-electron chi connectivity index (χ3n) is 4.32. The van der Waals surface area contributed by atoms with Gasteiger partial charge in [0.2, 0.25) is 5.79 Å². The molecule has 1 aliphatic rings. The average Bonchev–Trinajstić information content (AvgIpc) is 2.64. The van der Waals surface area contributed by atoms with E-state index in [-0.39, 0.29) is 16.6 Å². The quantitative estimate of drug-likeness (QED) is 0.766. The number of halogens is 2. The van der Waals surface area contributed by atoms with Crippen molar-refractivity contribution in [1.29, 1.82) is 0 Å². The zero-order valence-corrected chi connectivity index (χ0v) is 16.8. The number of fused-ring (bicyclic) bond motifs is 1. The van der Waals surface area contributed by atoms with Gasteiger partial charge in [0.05, 0.1) is 11.6 Å². The molecular weight excluding hydrogens is 385 g/mol. The van der Waals surface area contributed by atoms with Crippen molar-refractivity contribution in [3.05, 3.63) is 57.6 Å². The molecule has 6 nitrogen and oxygen atoms in total. The van der Waals surface area contributed by atoms with Crippen LogP contribution in [0.3, 0.4) is 0 Å². The van der Waals surface area contributed by atoms with E-state index in [0.29, 0.717) is 32.0 Å². The fraction of sp³-hybridized carbons (Fsp3) is 0.400. The number of hydrogen-bond donors (Lipinski definition) is 2. The molecule has 1 amide bonds. The first kappa shape index (κ1) is 20.5. The molecule has 2 aromatic rings. The number of rotatable bonds is 6. The van der Waals surface area contributed by atoms with Crippen LogP contribution in [0.1, 0.15) is 48.0 Å². The van der Waals surface area contributed by atoms with Crippen molar-refractivity contribution in [2.24, 2.45) is 0 Å². The summed E-state index contributed by atoms with van der Waals surface area (Å²) in [6, 6.07) is 4.60. The second kappa shape index (κ2) is 8.43. The monoisotopic (exact) mass is 407 g/mol. The molecule has 1 aromatic carbocycles. The first-order valence-corrected chi connectivity index (χ1v) is 9.45. The number of amides is 1. The van der Waals surface area contributed by atoms with Crippen LogP contribution in [-0.4, -0.2) is 23.2 Å². The van der Waals surface area contributed by atoms with E-state index in [4.69, 9.17) is 21.1 Å². The van der Waals surface area contributed by atoms with Crippen LogP contribution in [0.5, 0.6) is 5.75 Å². The van der Waals surface area contributed by atoms with Crippen molar-refractivity contribution in [2.75, 3.05) is 6.54 Å². The Morgan fingerprint density at radius 3 is 2.86 bits per heavy atom. The maximum absolute atomic E-state index is 13.3. The molecule has 0 saturated carbocycles. The van der Waals surface area contributed by atoms with Crippen LogP contribution in [0.2, 0.25) is 5.02 Å². The summed E-state index contributed by atoms with van der Waals surface area (Å²) in [5, 5.41) is 6.12. The van der Waals surface area contributed by atoms with Gasteiger partial charge in [-0.25, -0.2) is 9.37 Å². The first-order valence-electron chi connectivity index (χ1n) is 9.07. The summed E-state index contributed by atoms with van der Waals surface area (Å²) in [6.07, 6.45) is 1.65. The summed E-state index contributed by atoms with van der Waals surface area (Å²) in [6.45, 7) is 7.22. The van der Waals surface area contributed by atoms with E-state index >= 15 is 0 Å². The Balaban J connectivity index is 1.79. The Labute approximate surface area is 168 Å². The van der Waals surface area contributed by atoms with Crippen molar-refractivity contribution >= 4 is 17.5 Å². The summed E-state index contributed by atoms with van der Waals surface area (Å²) < 4.78 is 24.9. The lowest BCUT2D eigenvalue weighted by Gasteiger charge is -2.34. The van der Waals surface area contributed by atoms with Crippen LogP contribution in [-0.2, 0) is 24.4 Å². The minimum absolute atomic E-state index is 0.0914. The molecule has 150 valence electrons. The van der Waals surface area contributed by atoms with Gasteiger partial charge in [-0.1, -0.05) is 17.7 Å². The Hall–Kier alpha value is -2.22. The maximum Gasteiger partial charge on any atom is 0.273 e. The number of carbonyl (C=O) groups excluding carboxylic acids is 1. The van der Waals surface area contributed by atoms with Crippen LogP contribution >= 0.6 is 11.6 Å². The second-order valence-electron chi connectivity index (χ2n) is 6.94. The number of aromatic nitrogens is 1. The van der Waals surface area contributed by atoms with E-state index in [2.05, 4.69) is 15.6 Å². The van der Waals surface area contributed by atoms with Gasteiger partial charge in [-0.2, -0.15) is 0 Å². The Morgan fingerprint density at radius 1 is 1.36 bits per heavy atom. The highest BCUT2D eigenvalue weighted by atomic mass is 35.5. The van der Waals surface area contributed by atoms with Crippen LogP contribution in [0.15, 0.2) is 24.4 Å². The van der Waals surface area contributed by atoms with E-state index in [1.807, 2.05) is 6.92 Å². The predicted octanol–water partition coefficient (Wildman–Crippen LogP) is 3.56. The van der Waals surface area contributed by atoms with Crippen molar-refractivity contribution in [3.8, 4) is 5.75 Å². The molecule has 8 heteroatoms. The van der Waals surface area contributed by atoms with Crippen LogP contribution in [0.4, 0.5) is 4.39 Å². The number of nitrogens with zero attached hydrogens (tertiary/aromatic N) is 1. The van der Waals surface area contributed by atoms with Gasteiger partial charge < -0.3 is 20.1 Å². The van der Waals surface area contributed by atoms with Gasteiger partial charge in [0.1, 0.15) is 5.82 Å². The number of nitrogens with one attached hydrogen (secondary N) is 2. The normalized spacial score (nSPS) is 14.9. The molecule has 0 atom stereocenters. The standard InChI is InChI=1S/C20H23ClFN3O3/c1-4-24-19(26)17-18-14(11-27-20(2,3)28-18)13(10-25-17)9-23-8-12-5-6-16(22)15(21)7-12/h5-7,10,23H,4,8-9,11H2,1-3H3,(H,24,26). The number of benzene rings is 1. The Morgan fingerprint density at radius 2 is 2.14 bits per heavy atom. The summed E-state index contributed by atoms with van der Waals surface area (Å²) in [4.78, 5) is 16.7. The van der Waals surface area contributed by atoms with Gasteiger partial charge >= 0.3 is 0 Å². The highest BCUT2D eigenvalue weighted by Crippen LogP contribution is 2.35. The third-order valence-corrected chi connectivity index (χ3v) is 4.61. The molecule has 0 saturated heterocycles. The zero-order chi connectivity index (χ0) is 20.3. The number of hydrogen-bond acceptors (Lipinski definition) is 5. The molecule has 1 aliphatic heterocycles. The minimum atomic E-state index is -0.840. The average molecular weight is 408 g/mol. The van der Waals surface area contributed by atoms with Crippen molar-refractivity contribution in [3.63, 3.8) is 0 Å². The van der Waals surface area contributed by atoms with E-state index in [1.54, 1.807) is 32.2 Å². The minimum Gasteiger partial charge on any atom is -0.460 e. The van der Waals surface area contributed by atoms with Gasteiger partial charge in [-0.15, -0.1) is 0 Å². The molecule has 0 radical (unpaired) electrons. The summed E-state index contributed by atoms with van der Waals surface area (Å²) in [7, 11) is 0. The topological polar surface area (TPSA) is 72.5 Å². The van der Waals surface area contributed by atoms with Crippen molar-refractivity contribution < 1.29 is 18.7 Å². The summed E-state index contributed by atoms with van der Waals surface area (Å²) in [5.41, 5.74) is 2.77. The fourth-order valence-electron chi connectivity index (χ4n) is 2.91. The van der Waals surface area contributed by atoms with Gasteiger partial charge in [-0.3, -0.25) is 4.79 Å². The van der Waals surface area contributed by atoms with Crippen LogP contribution in [0.25, 0.3) is 0 Å². The van der Waals surface area contributed by atoms with E-state index in [1.165, 1.54) is 6.07 Å². The molecule has 0 unspecified atom stereocenters. The highest BCUT2D eigenvalue weighted by molar-refractivity contribution is 6.30. The largest absolute Gasteiger partial charge is 0.460 e. The smallest absolute Gasteiger partial charge is 0.273 e. The lowest BCUT2D eigenvalue weighted by atomic mass is 10.1. The van der Waals surface area contributed by atoms with E-state index in [9.17, 15) is 9.18 Å². The lowest BCUT2D eigenvalue weighted by Crippen LogP contribution is -2.38. The summed E-state index contributed by atoms with van der Waals surface area (Å²) >= 11 is 5.82. The molecule has 0 aliphatic carbocycles. The highest BCUT2D eigenvalue weighted by Gasteiger charge is 2.33. The van der Waals surface area contributed by atoms with Crippen molar-refractivity contribution in [2.45, 2.75) is 46.3 Å². The summed E-state index contributed by atoms with van der Waals surface area (Å²) in [5.74, 6) is -1.11. The van der Waals surface area contributed by atoms with Gasteiger partial charge in [0, 0.05) is 45.2 Å². The number of ether oxygens (including phenoxy) is 2. The predicted molar refractivity (Wildman–Crippen MR) is 104 cm³/mol. The molecule has 0 bridgehead atoms. The van der Waals surface area contributed by atoms with Crippen LogP contribution in [0, 0.1) is 5.82 Å². The number of pyridine rings is 1. The first-order chi connectivity index (χ1) is 13.3. The van der Waals surface area contributed by atoms with Gasteiger partial charge in [-0.05, 0) is 30.2 Å². The Bertz CT molecular complexity index is 889. The molecule has 2 heterocycles. The van der Waals surface area contributed by atoms with Crippen molar-refractivity contribution in [1.82, 2.24) is 15.6 Å².